The smallest absolute Gasteiger partial charge is 0.293 e. The molecule has 1 saturated heterocycles. The van der Waals surface area contributed by atoms with Gasteiger partial charge in [-0.15, -0.1) is 0 Å². The second kappa shape index (κ2) is 7.98. The third-order valence-electron chi connectivity index (χ3n) is 4.05. The number of rotatable bonds is 5. The Kier molecular flexibility index (Phi) is 5.48. The lowest BCUT2D eigenvalue weighted by Gasteiger charge is -2.13. The van der Waals surface area contributed by atoms with Crippen molar-refractivity contribution < 1.29 is 19.1 Å². The second-order valence-electron chi connectivity index (χ2n) is 5.65. The Morgan fingerprint density at radius 3 is 2.56 bits per heavy atom. The molecule has 136 valence electrons. The number of methoxy groups -OCH3 is 2. The molecule has 1 aliphatic rings. The first-order valence-electron chi connectivity index (χ1n) is 8.02. The molecule has 0 unspecified atom stereocenters. The summed E-state index contributed by atoms with van der Waals surface area (Å²) in [4.78, 5) is 26.5. The van der Waals surface area contributed by atoms with E-state index in [0.29, 0.717) is 27.5 Å². The molecule has 7 heteroatoms. The Morgan fingerprint density at radius 2 is 1.85 bits per heavy atom. The summed E-state index contributed by atoms with van der Waals surface area (Å²) in [7, 11) is 3.07. The number of nitrogens with zero attached hydrogens (tertiary/aromatic N) is 2. The molecule has 0 bridgehead atoms. The van der Waals surface area contributed by atoms with E-state index in [9.17, 15) is 14.9 Å². The van der Waals surface area contributed by atoms with Gasteiger partial charge in [0.1, 0.15) is 0 Å². The fraction of sp³-hybridized carbons (Fsp3) is 0.150. The first-order chi connectivity index (χ1) is 13.1. The van der Waals surface area contributed by atoms with Gasteiger partial charge in [-0.3, -0.25) is 14.5 Å². The monoisotopic (exact) mass is 380 g/mol. The molecular weight excluding hydrogens is 364 g/mol. The van der Waals surface area contributed by atoms with Crippen molar-refractivity contribution in [2.24, 2.45) is 0 Å². The van der Waals surface area contributed by atoms with Crippen molar-refractivity contribution >= 4 is 29.0 Å². The lowest BCUT2D eigenvalue weighted by molar-refractivity contribution is -0.123. The number of hydrogen-bond acceptors (Lipinski definition) is 6. The predicted octanol–water partition coefficient (Wildman–Crippen LogP) is 3.81. The SMILES string of the molecule is COc1ccc(/C=C2\SC(=O)N(Cc3ccccc3C#N)C2=O)cc1OC. The minimum Gasteiger partial charge on any atom is -0.493 e. The predicted molar refractivity (Wildman–Crippen MR) is 102 cm³/mol. The number of hydrogen-bond donors (Lipinski definition) is 0. The minimum absolute atomic E-state index is 0.0671. The van der Waals surface area contributed by atoms with Crippen LogP contribution < -0.4 is 9.47 Å². The Balaban J connectivity index is 1.86. The average Bonchev–Trinajstić information content (AvgIpc) is 2.95. The van der Waals surface area contributed by atoms with E-state index < -0.39 is 0 Å². The van der Waals surface area contributed by atoms with Gasteiger partial charge >= 0.3 is 0 Å². The van der Waals surface area contributed by atoms with Crippen LogP contribution in [-0.2, 0) is 11.3 Å². The highest BCUT2D eigenvalue weighted by Gasteiger charge is 2.35. The van der Waals surface area contributed by atoms with Crippen LogP contribution in [0.2, 0.25) is 0 Å². The van der Waals surface area contributed by atoms with E-state index in [1.807, 2.05) is 0 Å². The average molecular weight is 380 g/mol. The van der Waals surface area contributed by atoms with E-state index in [4.69, 9.17) is 9.47 Å². The third-order valence-corrected chi connectivity index (χ3v) is 4.95. The van der Waals surface area contributed by atoms with E-state index in [2.05, 4.69) is 6.07 Å². The molecule has 0 atom stereocenters. The standard InChI is InChI=1S/C20H16N2O4S/c1-25-16-8-7-13(9-17(16)26-2)10-18-19(23)22(20(24)27-18)12-15-6-4-3-5-14(15)11-21/h3-10H,12H2,1-2H3/b18-10-. The van der Waals surface area contributed by atoms with Gasteiger partial charge in [0.15, 0.2) is 11.5 Å². The van der Waals surface area contributed by atoms with E-state index in [1.165, 1.54) is 7.11 Å². The van der Waals surface area contributed by atoms with Crippen molar-refractivity contribution in [1.29, 1.82) is 5.26 Å². The summed E-state index contributed by atoms with van der Waals surface area (Å²) >= 11 is 0.876. The maximum Gasteiger partial charge on any atom is 0.293 e. The van der Waals surface area contributed by atoms with Crippen LogP contribution in [-0.4, -0.2) is 30.3 Å². The van der Waals surface area contributed by atoms with Crippen LogP contribution >= 0.6 is 11.8 Å². The zero-order valence-electron chi connectivity index (χ0n) is 14.8. The number of nitriles is 1. The molecule has 0 radical (unpaired) electrons. The van der Waals surface area contributed by atoms with E-state index in [0.717, 1.165) is 22.2 Å². The molecule has 6 nitrogen and oxygen atoms in total. The van der Waals surface area contributed by atoms with Crippen molar-refractivity contribution in [3.63, 3.8) is 0 Å². The Hall–Kier alpha value is -3.24. The Bertz CT molecular complexity index is 978. The van der Waals surface area contributed by atoms with E-state index in [-0.39, 0.29) is 17.7 Å². The summed E-state index contributed by atoms with van der Waals surface area (Å²) in [6.45, 7) is 0.0671. The van der Waals surface area contributed by atoms with Crippen LogP contribution in [0.4, 0.5) is 4.79 Å². The zero-order chi connectivity index (χ0) is 19.4. The van der Waals surface area contributed by atoms with Crippen molar-refractivity contribution in [3.8, 4) is 17.6 Å². The number of benzene rings is 2. The first kappa shape index (κ1) is 18.5. The fourth-order valence-electron chi connectivity index (χ4n) is 2.67. The van der Waals surface area contributed by atoms with Crippen molar-refractivity contribution in [1.82, 2.24) is 4.90 Å². The van der Waals surface area contributed by atoms with Gasteiger partial charge in [0.2, 0.25) is 0 Å². The number of thioether (sulfide) groups is 1. The molecule has 27 heavy (non-hydrogen) atoms. The number of amides is 2. The van der Waals surface area contributed by atoms with Gasteiger partial charge in [-0.05, 0) is 47.2 Å². The molecule has 0 N–H and O–H groups in total. The maximum atomic E-state index is 12.7. The van der Waals surface area contributed by atoms with Gasteiger partial charge in [0, 0.05) is 0 Å². The number of ether oxygens (including phenoxy) is 2. The van der Waals surface area contributed by atoms with Crippen LogP contribution in [0.25, 0.3) is 6.08 Å². The lowest BCUT2D eigenvalue weighted by Crippen LogP contribution is -2.27. The van der Waals surface area contributed by atoms with Gasteiger partial charge in [-0.1, -0.05) is 24.3 Å². The molecule has 0 saturated carbocycles. The Morgan fingerprint density at radius 1 is 1.11 bits per heavy atom. The lowest BCUT2D eigenvalue weighted by atomic mass is 10.1. The highest BCUT2D eigenvalue weighted by molar-refractivity contribution is 8.18. The number of carbonyl (C=O) groups is 2. The topological polar surface area (TPSA) is 79.6 Å². The van der Waals surface area contributed by atoms with Crippen LogP contribution in [0.5, 0.6) is 11.5 Å². The number of carbonyl (C=O) groups excluding carboxylic acids is 2. The molecule has 1 heterocycles. The third kappa shape index (κ3) is 3.81. The second-order valence-corrected chi connectivity index (χ2v) is 6.64. The minimum atomic E-state index is -0.382. The molecule has 2 amide bonds. The highest BCUT2D eigenvalue weighted by atomic mass is 32.2. The molecule has 1 fully saturated rings. The molecule has 2 aromatic carbocycles. The van der Waals surface area contributed by atoms with Crippen molar-refractivity contribution in [3.05, 3.63) is 64.1 Å². The summed E-state index contributed by atoms with van der Waals surface area (Å²) < 4.78 is 10.5. The quantitative estimate of drug-likeness (QED) is 0.734. The molecule has 1 aliphatic heterocycles. The largest absolute Gasteiger partial charge is 0.493 e. The molecular formula is C20H16N2O4S. The van der Waals surface area contributed by atoms with Gasteiger partial charge < -0.3 is 9.47 Å². The highest BCUT2D eigenvalue weighted by Crippen LogP contribution is 2.35. The van der Waals surface area contributed by atoms with Crippen molar-refractivity contribution in [2.45, 2.75) is 6.54 Å². The summed E-state index contributed by atoms with van der Waals surface area (Å²) in [5, 5.41) is 8.82. The van der Waals surface area contributed by atoms with Crippen LogP contribution in [0.15, 0.2) is 47.4 Å². The van der Waals surface area contributed by atoms with Crippen LogP contribution in [0.1, 0.15) is 16.7 Å². The van der Waals surface area contributed by atoms with Gasteiger partial charge in [0.05, 0.1) is 37.3 Å². The van der Waals surface area contributed by atoms with E-state index in [1.54, 1.807) is 55.7 Å². The zero-order valence-corrected chi connectivity index (χ0v) is 15.6. The fourth-order valence-corrected chi connectivity index (χ4v) is 3.51. The maximum absolute atomic E-state index is 12.7. The molecule has 0 aromatic heterocycles. The first-order valence-corrected chi connectivity index (χ1v) is 8.84. The molecule has 0 spiro atoms. The van der Waals surface area contributed by atoms with Gasteiger partial charge in [-0.2, -0.15) is 5.26 Å². The molecule has 2 aromatic rings. The van der Waals surface area contributed by atoms with E-state index >= 15 is 0 Å². The summed E-state index contributed by atoms with van der Waals surface area (Å²) in [5.74, 6) is 0.733. The summed E-state index contributed by atoms with van der Waals surface area (Å²) in [6.07, 6.45) is 1.64. The van der Waals surface area contributed by atoms with Crippen molar-refractivity contribution in [2.75, 3.05) is 14.2 Å². The van der Waals surface area contributed by atoms with Crippen LogP contribution in [0.3, 0.4) is 0 Å². The van der Waals surface area contributed by atoms with Crippen LogP contribution in [0, 0.1) is 11.3 Å². The summed E-state index contributed by atoms with van der Waals surface area (Å²) in [6, 6.07) is 14.2. The Labute approximate surface area is 161 Å². The van der Waals surface area contributed by atoms with Gasteiger partial charge in [-0.25, -0.2) is 0 Å². The molecule has 3 rings (SSSR count). The van der Waals surface area contributed by atoms with Gasteiger partial charge in [0.25, 0.3) is 11.1 Å². The number of imide groups is 1. The molecule has 0 aliphatic carbocycles. The summed E-state index contributed by atoms with van der Waals surface area (Å²) in [5.41, 5.74) is 1.80. The normalized spacial score (nSPS) is 15.1.